The Kier molecular flexibility index (Phi) is 5.25. The third kappa shape index (κ3) is 6.24. The number of aliphatic carboxylic acids is 1. The minimum absolute atomic E-state index is 0.102. The number of carbonyl (C=O) groups is 2. The third-order valence-electron chi connectivity index (χ3n) is 1.75. The molecule has 0 bridgehead atoms. The van der Waals surface area contributed by atoms with Crippen LogP contribution in [-0.4, -0.2) is 34.1 Å². The molecule has 0 radical (unpaired) electrons. The first-order valence-corrected chi connectivity index (χ1v) is 4.11. The van der Waals surface area contributed by atoms with Crippen LogP contribution in [0.1, 0.15) is 26.2 Å². The van der Waals surface area contributed by atoms with E-state index in [9.17, 15) is 9.59 Å². The molecule has 5 nitrogen and oxygen atoms in total. The van der Waals surface area contributed by atoms with Crippen LogP contribution in [0.5, 0.6) is 0 Å². The Balaban J connectivity index is 0.000000226. The second-order valence-corrected chi connectivity index (χ2v) is 3.09. The van der Waals surface area contributed by atoms with E-state index in [1.807, 2.05) is 0 Å². The Morgan fingerprint density at radius 3 is 1.92 bits per heavy atom. The van der Waals surface area contributed by atoms with Gasteiger partial charge in [-0.2, -0.15) is 0 Å². The van der Waals surface area contributed by atoms with Crippen LogP contribution in [0.15, 0.2) is 0 Å². The van der Waals surface area contributed by atoms with Gasteiger partial charge in [-0.3, -0.25) is 4.79 Å². The van der Waals surface area contributed by atoms with Gasteiger partial charge in [0.25, 0.3) is 0 Å². The van der Waals surface area contributed by atoms with E-state index in [1.54, 1.807) is 0 Å². The number of carboxylic acid groups (broad SMARTS) is 1. The maximum absolute atomic E-state index is 9.54. The lowest BCUT2D eigenvalue weighted by Crippen LogP contribution is -2.15. The molecule has 2 atom stereocenters. The molecule has 1 aliphatic rings. The van der Waals surface area contributed by atoms with E-state index in [0.717, 1.165) is 26.2 Å². The number of hydrogen-bond acceptors (Lipinski definition) is 4. The zero-order valence-corrected chi connectivity index (χ0v) is 7.56. The molecule has 0 aliphatic heterocycles. The van der Waals surface area contributed by atoms with Crippen LogP contribution in [0.3, 0.4) is 0 Å². The van der Waals surface area contributed by atoms with E-state index in [2.05, 4.69) is 0 Å². The summed E-state index contributed by atoms with van der Waals surface area (Å²) in [6, 6.07) is 0.273. The average molecular weight is 189 g/mol. The van der Waals surface area contributed by atoms with Crippen LogP contribution in [0, 0.1) is 0 Å². The average Bonchev–Trinajstić information content (AvgIpc) is 2.35. The Morgan fingerprint density at radius 1 is 1.38 bits per heavy atom. The fourth-order valence-electron chi connectivity index (χ4n) is 0.992. The first-order valence-electron chi connectivity index (χ1n) is 4.11. The van der Waals surface area contributed by atoms with Crippen molar-refractivity contribution in [3.05, 3.63) is 0 Å². The summed E-state index contributed by atoms with van der Waals surface area (Å²) < 4.78 is 0. The fourth-order valence-corrected chi connectivity index (χ4v) is 0.992. The number of ketones is 1. The highest BCUT2D eigenvalue weighted by Crippen LogP contribution is 2.15. The molecule has 0 saturated heterocycles. The van der Waals surface area contributed by atoms with Crippen molar-refractivity contribution in [2.75, 3.05) is 0 Å². The van der Waals surface area contributed by atoms with Gasteiger partial charge in [0.15, 0.2) is 0 Å². The molecular formula is C8H15NO4. The molecule has 1 aliphatic carbocycles. The van der Waals surface area contributed by atoms with Crippen molar-refractivity contribution in [1.82, 2.24) is 0 Å². The van der Waals surface area contributed by atoms with Crippen LogP contribution >= 0.6 is 0 Å². The van der Waals surface area contributed by atoms with E-state index < -0.39 is 11.8 Å². The molecule has 5 heteroatoms. The predicted octanol–water partition coefficient (Wildman–Crippen LogP) is -0.481. The van der Waals surface area contributed by atoms with Gasteiger partial charge in [0, 0.05) is 13.0 Å². The zero-order chi connectivity index (χ0) is 10.4. The molecule has 1 fully saturated rings. The molecule has 0 heterocycles. The smallest absolute Gasteiger partial charge is 0.371 e. The Bertz CT molecular complexity index is 173. The van der Waals surface area contributed by atoms with Crippen molar-refractivity contribution < 1.29 is 19.8 Å². The quantitative estimate of drug-likeness (QED) is 0.483. The van der Waals surface area contributed by atoms with Crippen molar-refractivity contribution in [2.24, 2.45) is 5.73 Å². The van der Waals surface area contributed by atoms with E-state index in [4.69, 9.17) is 15.9 Å². The number of aliphatic hydroxyl groups excluding tert-OH is 1. The van der Waals surface area contributed by atoms with E-state index in [0.29, 0.717) is 0 Å². The molecule has 76 valence electrons. The molecule has 0 unspecified atom stereocenters. The predicted molar refractivity (Wildman–Crippen MR) is 46.2 cm³/mol. The first-order chi connectivity index (χ1) is 5.93. The van der Waals surface area contributed by atoms with Crippen LogP contribution in [0.25, 0.3) is 0 Å². The monoisotopic (exact) mass is 189 g/mol. The van der Waals surface area contributed by atoms with Gasteiger partial charge in [-0.1, -0.05) is 0 Å². The molecule has 0 aromatic carbocycles. The molecule has 0 spiro atoms. The van der Waals surface area contributed by atoms with Gasteiger partial charge in [0.05, 0.1) is 6.10 Å². The number of carbonyl (C=O) groups excluding carboxylic acids is 1. The van der Waals surface area contributed by atoms with Gasteiger partial charge in [-0.05, 0) is 19.3 Å². The summed E-state index contributed by atoms with van der Waals surface area (Å²) >= 11 is 0. The van der Waals surface area contributed by atoms with E-state index in [1.165, 1.54) is 0 Å². The molecule has 4 N–H and O–H groups in total. The van der Waals surface area contributed by atoms with Gasteiger partial charge in [0.2, 0.25) is 5.78 Å². The van der Waals surface area contributed by atoms with E-state index in [-0.39, 0.29) is 12.1 Å². The lowest BCUT2D eigenvalue weighted by atomic mass is 10.3. The highest BCUT2D eigenvalue weighted by atomic mass is 16.4. The molecule has 0 aromatic rings. The van der Waals surface area contributed by atoms with Crippen LogP contribution in [-0.2, 0) is 9.59 Å². The van der Waals surface area contributed by atoms with Gasteiger partial charge >= 0.3 is 5.97 Å². The molecule has 0 amide bonds. The second-order valence-electron chi connectivity index (χ2n) is 3.09. The van der Waals surface area contributed by atoms with Crippen molar-refractivity contribution in [3.8, 4) is 0 Å². The minimum Gasteiger partial charge on any atom is -0.476 e. The summed E-state index contributed by atoms with van der Waals surface area (Å²) in [5.41, 5.74) is 5.47. The van der Waals surface area contributed by atoms with Crippen LogP contribution < -0.4 is 5.73 Å². The largest absolute Gasteiger partial charge is 0.476 e. The number of rotatable bonds is 1. The number of aliphatic hydroxyl groups is 1. The van der Waals surface area contributed by atoms with Crippen molar-refractivity contribution in [3.63, 3.8) is 0 Å². The lowest BCUT2D eigenvalue weighted by Gasteiger charge is -1.96. The number of hydrogen-bond donors (Lipinski definition) is 3. The third-order valence-corrected chi connectivity index (χ3v) is 1.75. The highest BCUT2D eigenvalue weighted by Gasteiger charge is 2.18. The maximum Gasteiger partial charge on any atom is 0.371 e. The highest BCUT2D eigenvalue weighted by molar-refractivity contribution is 6.31. The van der Waals surface area contributed by atoms with Gasteiger partial charge in [-0.25, -0.2) is 4.79 Å². The summed E-state index contributed by atoms with van der Waals surface area (Å²) in [5, 5.41) is 16.5. The molecule has 1 saturated carbocycles. The lowest BCUT2D eigenvalue weighted by molar-refractivity contribution is -0.148. The summed E-state index contributed by atoms with van der Waals surface area (Å²) in [7, 11) is 0. The zero-order valence-electron chi connectivity index (χ0n) is 7.56. The summed E-state index contributed by atoms with van der Waals surface area (Å²) in [6.07, 6.45) is 2.61. The fraction of sp³-hybridized carbons (Fsp3) is 0.750. The maximum atomic E-state index is 9.54. The van der Waals surface area contributed by atoms with Gasteiger partial charge < -0.3 is 15.9 Å². The van der Waals surface area contributed by atoms with Crippen molar-refractivity contribution in [2.45, 2.75) is 38.3 Å². The first kappa shape index (κ1) is 12.1. The Labute approximate surface area is 76.5 Å². The Hall–Kier alpha value is -0.940. The summed E-state index contributed by atoms with van der Waals surface area (Å²) in [6.45, 7) is 1.00. The minimum atomic E-state index is -1.38. The number of nitrogens with two attached hydrogens (primary N) is 1. The number of carboxylic acids is 1. The van der Waals surface area contributed by atoms with E-state index >= 15 is 0 Å². The van der Waals surface area contributed by atoms with Gasteiger partial charge in [-0.15, -0.1) is 0 Å². The molecule has 13 heavy (non-hydrogen) atoms. The summed E-state index contributed by atoms with van der Waals surface area (Å²) in [5.74, 6) is -2.20. The standard InChI is InChI=1S/C5H11NO.C3H4O3/c6-4-1-2-5(7)3-4;1-2(4)3(5)6/h4-5,7H,1-3,6H2;1H3,(H,5,6)/t4-,5+;/m0./s1. The molecule has 1 rings (SSSR count). The molecular weight excluding hydrogens is 174 g/mol. The van der Waals surface area contributed by atoms with Gasteiger partial charge in [0.1, 0.15) is 0 Å². The molecule has 0 aromatic heterocycles. The van der Waals surface area contributed by atoms with Crippen molar-refractivity contribution in [1.29, 1.82) is 0 Å². The SMILES string of the molecule is CC(=O)C(=O)O.N[C@H]1CC[C@@H](O)C1. The number of Topliss-reactive ketones (excluding diaryl/α,β-unsaturated/α-hetero) is 1. The second kappa shape index (κ2) is 5.66. The van der Waals surface area contributed by atoms with Crippen LogP contribution in [0.2, 0.25) is 0 Å². The van der Waals surface area contributed by atoms with Crippen molar-refractivity contribution >= 4 is 11.8 Å². The van der Waals surface area contributed by atoms with Crippen LogP contribution in [0.4, 0.5) is 0 Å². The normalized spacial score (nSPS) is 26.1. The topological polar surface area (TPSA) is 101 Å². The summed E-state index contributed by atoms with van der Waals surface area (Å²) in [4.78, 5) is 18.9. The Morgan fingerprint density at radius 2 is 1.85 bits per heavy atom.